The summed E-state index contributed by atoms with van der Waals surface area (Å²) in [6.45, 7) is 5.27. The van der Waals surface area contributed by atoms with Crippen LogP contribution in [0.3, 0.4) is 0 Å². The number of hydrogen-bond acceptors (Lipinski definition) is 12. The predicted octanol–water partition coefficient (Wildman–Crippen LogP) is 2.38. The zero-order chi connectivity index (χ0) is 33.5. The minimum atomic E-state index is -5.26. The number of nitrogens with one attached hydrogen (secondary N) is 1. The molecule has 0 bridgehead atoms. The van der Waals surface area contributed by atoms with Crippen molar-refractivity contribution in [2.24, 2.45) is 0 Å². The molecule has 2 aromatic rings. The number of thioether (sulfide) groups is 1. The molecule has 2 amide bonds. The Hall–Kier alpha value is -3.70. The molecule has 0 spiro atoms. The standard InChI is InChI=1S/C28H29ClN2O12S2/c1-14(32)42-19-11-17(18(29)12-20(19)43-15(2)33)22(45(37,38)39)23(34)30-21-24(35)31-25(21)44-27(3,4)28(31,40-5)26(36)41-13-16-9-7-6-8-10-16/h6-12,21-22,25H,13H2,1-5H3,(H,30,34)(H,37,38,39)/t21-,22?,25+,28+/m0/s1. The van der Waals surface area contributed by atoms with Crippen LogP contribution in [0, 0.1) is 0 Å². The van der Waals surface area contributed by atoms with Crippen LogP contribution in [0.15, 0.2) is 42.5 Å². The van der Waals surface area contributed by atoms with E-state index in [1.54, 1.807) is 44.2 Å². The molecule has 0 aliphatic carbocycles. The molecule has 1 unspecified atom stereocenters. The van der Waals surface area contributed by atoms with Gasteiger partial charge in [-0.2, -0.15) is 8.42 Å². The van der Waals surface area contributed by atoms with Crippen molar-refractivity contribution >= 4 is 63.2 Å². The number of carbonyl (C=O) groups is 5. The summed E-state index contributed by atoms with van der Waals surface area (Å²) in [5, 5.41) is -1.43. The van der Waals surface area contributed by atoms with E-state index in [4.69, 9.17) is 30.5 Å². The number of halogens is 1. The zero-order valence-electron chi connectivity index (χ0n) is 24.6. The highest BCUT2D eigenvalue weighted by molar-refractivity contribution is 8.01. The van der Waals surface area contributed by atoms with E-state index in [-0.39, 0.29) is 12.4 Å². The Morgan fingerprint density at radius 2 is 1.64 bits per heavy atom. The van der Waals surface area contributed by atoms with Gasteiger partial charge in [0.15, 0.2) is 16.7 Å². The number of esters is 3. The lowest BCUT2D eigenvalue weighted by atomic mass is 9.91. The summed E-state index contributed by atoms with van der Waals surface area (Å²) >= 11 is 7.34. The second-order valence-corrected chi connectivity index (χ2v) is 14.2. The molecule has 0 aromatic heterocycles. The Bertz CT molecular complexity index is 1670. The summed E-state index contributed by atoms with van der Waals surface area (Å²) in [4.78, 5) is 64.7. The summed E-state index contributed by atoms with van der Waals surface area (Å²) in [5.41, 5.74) is -1.74. The maximum absolute atomic E-state index is 13.5. The summed E-state index contributed by atoms with van der Waals surface area (Å²) in [5.74, 6) is -5.50. The fraction of sp³-hybridized carbons (Fsp3) is 0.393. The van der Waals surface area contributed by atoms with Gasteiger partial charge in [0.1, 0.15) is 18.0 Å². The van der Waals surface area contributed by atoms with Crippen molar-refractivity contribution in [3.8, 4) is 11.5 Å². The van der Waals surface area contributed by atoms with Gasteiger partial charge in [-0.25, -0.2) is 4.79 Å². The highest BCUT2D eigenvalue weighted by atomic mass is 35.5. The molecule has 0 saturated carbocycles. The molecule has 14 nitrogen and oxygen atoms in total. The number of methoxy groups -OCH3 is 1. The van der Waals surface area contributed by atoms with Crippen molar-refractivity contribution < 1.29 is 55.9 Å². The maximum Gasteiger partial charge on any atom is 0.361 e. The van der Waals surface area contributed by atoms with Gasteiger partial charge in [0, 0.05) is 37.6 Å². The molecule has 2 aromatic carbocycles. The highest BCUT2D eigenvalue weighted by Crippen LogP contribution is 2.57. The number of rotatable bonds is 10. The van der Waals surface area contributed by atoms with E-state index in [0.29, 0.717) is 5.56 Å². The van der Waals surface area contributed by atoms with Crippen molar-refractivity contribution in [3.63, 3.8) is 0 Å². The third-order valence-corrected chi connectivity index (χ3v) is 10.1. The number of amides is 2. The summed E-state index contributed by atoms with van der Waals surface area (Å²) in [6.07, 6.45) is 0. The van der Waals surface area contributed by atoms with Crippen LogP contribution in [-0.4, -0.2) is 76.6 Å². The van der Waals surface area contributed by atoms with Gasteiger partial charge in [-0.15, -0.1) is 11.8 Å². The largest absolute Gasteiger partial charge is 0.457 e. The molecule has 4 rings (SSSR count). The van der Waals surface area contributed by atoms with E-state index in [0.717, 1.165) is 42.6 Å². The quantitative estimate of drug-likeness (QED) is 0.161. The Kier molecular flexibility index (Phi) is 9.57. The fourth-order valence-corrected chi connectivity index (χ4v) is 8.09. The van der Waals surface area contributed by atoms with E-state index < -0.39 is 83.3 Å². The molecule has 2 saturated heterocycles. The second-order valence-electron chi connectivity index (χ2n) is 10.5. The lowest BCUT2D eigenvalue weighted by Gasteiger charge is -2.49. The summed E-state index contributed by atoms with van der Waals surface area (Å²) in [7, 11) is -4.02. The molecule has 2 aliphatic rings. The van der Waals surface area contributed by atoms with E-state index in [9.17, 15) is 36.9 Å². The van der Waals surface area contributed by atoms with Crippen LogP contribution in [-0.2, 0) is 50.2 Å². The number of nitrogens with zero attached hydrogens (tertiary/aromatic N) is 1. The lowest BCUT2D eigenvalue weighted by molar-refractivity contribution is -0.216. The number of fused-ring (bicyclic) bond motifs is 1. The van der Waals surface area contributed by atoms with Gasteiger partial charge in [-0.05, 0) is 25.5 Å². The van der Waals surface area contributed by atoms with Crippen molar-refractivity contribution in [1.82, 2.24) is 10.2 Å². The van der Waals surface area contributed by atoms with Gasteiger partial charge >= 0.3 is 17.9 Å². The Labute approximate surface area is 267 Å². The average molecular weight is 685 g/mol. The molecular formula is C28H29ClN2O12S2. The molecule has 45 heavy (non-hydrogen) atoms. The predicted molar refractivity (Wildman–Crippen MR) is 159 cm³/mol. The number of hydrogen-bond donors (Lipinski definition) is 2. The minimum absolute atomic E-state index is 0.0965. The van der Waals surface area contributed by atoms with E-state index in [1.165, 1.54) is 7.11 Å². The highest BCUT2D eigenvalue weighted by Gasteiger charge is 2.74. The van der Waals surface area contributed by atoms with Crippen LogP contribution in [0.2, 0.25) is 5.02 Å². The molecule has 17 heteroatoms. The summed E-state index contributed by atoms with van der Waals surface area (Å²) in [6, 6.07) is 9.27. The first-order valence-corrected chi connectivity index (χ1v) is 15.9. The lowest BCUT2D eigenvalue weighted by Crippen LogP contribution is -2.76. The SMILES string of the molecule is CO[C@@]1(C(=O)OCc2ccccc2)N2C(=O)[C@H](NC(=O)C(c3cc(OC(C)=O)c(OC(C)=O)cc3Cl)S(=O)(=O)O)[C@H]2SC1(C)C. The smallest absolute Gasteiger partial charge is 0.361 e. The maximum atomic E-state index is 13.5. The topological polar surface area (TPSA) is 192 Å². The molecule has 2 fully saturated rings. The zero-order valence-corrected chi connectivity index (χ0v) is 26.9. The van der Waals surface area contributed by atoms with E-state index >= 15 is 0 Å². The van der Waals surface area contributed by atoms with Crippen LogP contribution >= 0.6 is 23.4 Å². The van der Waals surface area contributed by atoms with Gasteiger partial charge in [0.05, 0.1) is 4.75 Å². The number of benzene rings is 2. The van der Waals surface area contributed by atoms with Crippen LogP contribution in [0.1, 0.15) is 44.1 Å². The first-order chi connectivity index (χ1) is 20.9. The normalized spacial score (nSPS) is 22.5. The van der Waals surface area contributed by atoms with Crippen molar-refractivity contribution in [1.29, 1.82) is 0 Å². The Morgan fingerprint density at radius 3 is 2.18 bits per heavy atom. The number of ether oxygens (including phenoxy) is 4. The van der Waals surface area contributed by atoms with Crippen molar-refractivity contribution in [3.05, 3.63) is 58.6 Å². The minimum Gasteiger partial charge on any atom is -0.457 e. The van der Waals surface area contributed by atoms with Gasteiger partial charge in [-0.3, -0.25) is 28.6 Å². The van der Waals surface area contributed by atoms with Crippen LogP contribution < -0.4 is 14.8 Å². The van der Waals surface area contributed by atoms with Crippen molar-refractivity contribution in [2.75, 3.05) is 7.11 Å². The van der Waals surface area contributed by atoms with Gasteiger partial charge < -0.3 is 24.3 Å². The third kappa shape index (κ3) is 6.37. The monoisotopic (exact) mass is 684 g/mol. The second kappa shape index (κ2) is 12.6. The van der Waals surface area contributed by atoms with Crippen LogP contribution in [0.4, 0.5) is 0 Å². The molecular weight excluding hydrogens is 656 g/mol. The van der Waals surface area contributed by atoms with Gasteiger partial charge in [0.25, 0.3) is 21.8 Å². The van der Waals surface area contributed by atoms with E-state index in [1.807, 2.05) is 0 Å². The molecule has 2 N–H and O–H groups in total. The molecule has 2 aliphatic heterocycles. The molecule has 4 atom stereocenters. The van der Waals surface area contributed by atoms with Gasteiger partial charge in [0.2, 0.25) is 5.91 Å². The van der Waals surface area contributed by atoms with E-state index in [2.05, 4.69) is 5.32 Å². The molecule has 0 radical (unpaired) electrons. The fourth-order valence-electron chi connectivity index (χ4n) is 5.20. The van der Waals surface area contributed by atoms with Crippen LogP contribution in [0.25, 0.3) is 0 Å². The molecule has 2 heterocycles. The number of β-lactam (4-membered cyclic amide) rings is 1. The Morgan fingerprint density at radius 1 is 1.07 bits per heavy atom. The average Bonchev–Trinajstić information content (AvgIpc) is 3.16. The Balaban J connectivity index is 1.62. The third-order valence-electron chi connectivity index (χ3n) is 7.09. The van der Waals surface area contributed by atoms with Crippen molar-refractivity contribution in [2.45, 2.75) is 61.4 Å². The first-order valence-electron chi connectivity index (χ1n) is 13.2. The molecule has 242 valence electrons. The van der Waals surface area contributed by atoms with Crippen LogP contribution in [0.5, 0.6) is 11.5 Å². The summed E-state index contributed by atoms with van der Waals surface area (Å²) < 4.78 is 55.1. The number of carbonyl (C=O) groups excluding carboxylic acids is 5. The first kappa shape index (κ1) is 34.2. The van der Waals surface area contributed by atoms with Gasteiger partial charge in [-0.1, -0.05) is 41.9 Å².